The van der Waals surface area contributed by atoms with Gasteiger partial charge in [-0.2, -0.15) is 0 Å². The lowest BCUT2D eigenvalue weighted by atomic mass is 10.4. The SMILES string of the molecule is COC(SC1CN=CS1)c1ccccn1. The predicted molar refractivity (Wildman–Crippen MR) is 66.3 cm³/mol. The molecule has 0 saturated heterocycles. The van der Waals surface area contributed by atoms with E-state index in [0.717, 1.165) is 12.2 Å². The smallest absolute Gasteiger partial charge is 0.146 e. The van der Waals surface area contributed by atoms with Crippen LogP contribution in [-0.2, 0) is 4.74 Å². The van der Waals surface area contributed by atoms with Crippen LogP contribution in [0.3, 0.4) is 0 Å². The van der Waals surface area contributed by atoms with Gasteiger partial charge in [0.2, 0.25) is 0 Å². The van der Waals surface area contributed by atoms with Crippen molar-refractivity contribution in [3.63, 3.8) is 0 Å². The largest absolute Gasteiger partial charge is 0.364 e. The molecule has 0 aromatic carbocycles. The van der Waals surface area contributed by atoms with Gasteiger partial charge in [-0.1, -0.05) is 17.8 Å². The maximum absolute atomic E-state index is 5.43. The number of aromatic nitrogens is 1. The second-order valence-corrected chi connectivity index (χ2v) is 5.61. The summed E-state index contributed by atoms with van der Waals surface area (Å²) in [5.41, 5.74) is 2.88. The number of hydrogen-bond donors (Lipinski definition) is 0. The van der Waals surface area contributed by atoms with Gasteiger partial charge in [0.25, 0.3) is 0 Å². The van der Waals surface area contributed by atoms with Crippen molar-refractivity contribution in [3.05, 3.63) is 30.1 Å². The van der Waals surface area contributed by atoms with Gasteiger partial charge in [-0.05, 0) is 12.1 Å². The Bertz CT molecular complexity index is 323. The molecule has 0 bridgehead atoms. The summed E-state index contributed by atoms with van der Waals surface area (Å²) in [4.78, 5) is 8.48. The van der Waals surface area contributed by atoms with E-state index < -0.39 is 0 Å². The van der Waals surface area contributed by atoms with Crippen LogP contribution in [0.4, 0.5) is 0 Å². The number of hydrogen-bond acceptors (Lipinski definition) is 5. The number of thioether (sulfide) groups is 2. The molecule has 0 spiro atoms. The first-order chi connectivity index (χ1) is 7.40. The Balaban J connectivity index is 1.98. The Hall–Kier alpha value is -0.520. The van der Waals surface area contributed by atoms with E-state index in [2.05, 4.69) is 9.98 Å². The van der Waals surface area contributed by atoms with E-state index in [9.17, 15) is 0 Å². The second-order valence-electron chi connectivity index (χ2n) is 2.99. The topological polar surface area (TPSA) is 34.5 Å². The summed E-state index contributed by atoms with van der Waals surface area (Å²) < 4.78 is 5.89. The summed E-state index contributed by atoms with van der Waals surface area (Å²) in [6.45, 7) is 0.863. The van der Waals surface area contributed by atoms with Gasteiger partial charge in [0, 0.05) is 13.3 Å². The fourth-order valence-corrected chi connectivity index (χ4v) is 3.28. The maximum Gasteiger partial charge on any atom is 0.146 e. The molecule has 80 valence electrons. The van der Waals surface area contributed by atoms with Crippen LogP contribution >= 0.6 is 23.5 Å². The molecule has 0 fully saturated rings. The van der Waals surface area contributed by atoms with Crippen LogP contribution in [0.2, 0.25) is 0 Å². The lowest BCUT2D eigenvalue weighted by Gasteiger charge is -2.17. The maximum atomic E-state index is 5.43. The van der Waals surface area contributed by atoms with Gasteiger partial charge < -0.3 is 4.74 Å². The lowest BCUT2D eigenvalue weighted by molar-refractivity contribution is 0.172. The van der Waals surface area contributed by atoms with Crippen LogP contribution in [-0.4, -0.2) is 28.8 Å². The Morgan fingerprint density at radius 1 is 1.60 bits per heavy atom. The van der Waals surface area contributed by atoms with Crippen molar-refractivity contribution in [2.75, 3.05) is 13.7 Å². The monoisotopic (exact) mass is 240 g/mol. The van der Waals surface area contributed by atoms with Crippen LogP contribution in [0.25, 0.3) is 0 Å². The van der Waals surface area contributed by atoms with Crippen molar-refractivity contribution >= 4 is 29.1 Å². The molecule has 2 atom stereocenters. The molecule has 1 aliphatic heterocycles. The number of methoxy groups -OCH3 is 1. The molecule has 5 heteroatoms. The van der Waals surface area contributed by atoms with Gasteiger partial charge in [0.15, 0.2) is 0 Å². The van der Waals surface area contributed by atoms with Crippen molar-refractivity contribution in [3.8, 4) is 0 Å². The zero-order chi connectivity index (χ0) is 10.5. The molecule has 0 amide bonds. The van der Waals surface area contributed by atoms with Crippen molar-refractivity contribution in [2.45, 2.75) is 10.0 Å². The highest BCUT2D eigenvalue weighted by atomic mass is 32.2. The van der Waals surface area contributed by atoms with E-state index >= 15 is 0 Å². The highest BCUT2D eigenvalue weighted by Gasteiger charge is 2.21. The van der Waals surface area contributed by atoms with Crippen molar-refractivity contribution in [1.82, 2.24) is 4.98 Å². The van der Waals surface area contributed by atoms with Crippen molar-refractivity contribution in [2.24, 2.45) is 4.99 Å². The van der Waals surface area contributed by atoms with Gasteiger partial charge in [-0.15, -0.1) is 11.8 Å². The van der Waals surface area contributed by atoms with E-state index in [0.29, 0.717) is 4.58 Å². The molecule has 0 saturated carbocycles. The third-order valence-corrected chi connectivity index (χ3v) is 4.48. The van der Waals surface area contributed by atoms with Crippen LogP contribution in [0.15, 0.2) is 29.4 Å². The minimum Gasteiger partial charge on any atom is -0.364 e. The molecule has 15 heavy (non-hydrogen) atoms. The van der Waals surface area contributed by atoms with Crippen molar-refractivity contribution < 1.29 is 4.74 Å². The van der Waals surface area contributed by atoms with Gasteiger partial charge in [-0.25, -0.2) is 0 Å². The molecule has 2 unspecified atom stereocenters. The molecule has 0 radical (unpaired) electrons. The fraction of sp³-hybridized carbons (Fsp3) is 0.400. The molecule has 1 aromatic heterocycles. The van der Waals surface area contributed by atoms with Crippen LogP contribution in [0.1, 0.15) is 11.1 Å². The zero-order valence-electron chi connectivity index (χ0n) is 8.37. The standard InChI is InChI=1S/C10H12N2OS2/c1-13-10(8-4-2-3-5-12-8)15-9-6-11-7-14-9/h2-5,7,9-10H,6H2,1H3. The van der Waals surface area contributed by atoms with Gasteiger partial charge >= 0.3 is 0 Å². The van der Waals surface area contributed by atoms with Gasteiger partial charge in [-0.3, -0.25) is 9.98 Å². The third-order valence-electron chi connectivity index (χ3n) is 1.96. The van der Waals surface area contributed by atoms with Gasteiger partial charge in [0.05, 0.1) is 22.4 Å². The Kier molecular flexibility index (Phi) is 4.05. The van der Waals surface area contributed by atoms with E-state index in [1.54, 1.807) is 36.8 Å². The Labute approximate surface area is 97.7 Å². The molecular weight excluding hydrogens is 228 g/mol. The van der Waals surface area contributed by atoms with Crippen LogP contribution < -0.4 is 0 Å². The number of nitrogens with zero attached hydrogens (tertiary/aromatic N) is 2. The first kappa shape index (κ1) is 11.0. The summed E-state index contributed by atoms with van der Waals surface area (Å²) in [5.74, 6) is 0. The predicted octanol–water partition coefficient (Wildman–Crippen LogP) is 2.56. The molecule has 0 N–H and O–H groups in total. The van der Waals surface area contributed by atoms with E-state index in [1.165, 1.54) is 0 Å². The fourth-order valence-electron chi connectivity index (χ4n) is 1.26. The van der Waals surface area contributed by atoms with Crippen LogP contribution in [0, 0.1) is 0 Å². The highest BCUT2D eigenvalue weighted by molar-refractivity contribution is 8.24. The number of rotatable bonds is 4. The first-order valence-corrected chi connectivity index (χ1v) is 6.51. The minimum atomic E-state index is 0.00500. The quantitative estimate of drug-likeness (QED) is 0.758. The minimum absolute atomic E-state index is 0.00500. The summed E-state index contributed by atoms with van der Waals surface area (Å²) in [7, 11) is 1.72. The van der Waals surface area contributed by atoms with Crippen molar-refractivity contribution in [1.29, 1.82) is 0 Å². The average Bonchev–Trinajstić information content (AvgIpc) is 2.80. The second kappa shape index (κ2) is 5.53. The molecule has 2 heterocycles. The van der Waals surface area contributed by atoms with Crippen LogP contribution in [0.5, 0.6) is 0 Å². The van der Waals surface area contributed by atoms with Gasteiger partial charge in [0.1, 0.15) is 5.44 Å². The summed E-state index contributed by atoms with van der Waals surface area (Å²) >= 11 is 3.50. The molecule has 3 nitrogen and oxygen atoms in total. The molecule has 0 aliphatic carbocycles. The summed E-state index contributed by atoms with van der Waals surface area (Å²) in [5, 5.41) is 0. The van der Waals surface area contributed by atoms with E-state index in [-0.39, 0.29) is 5.44 Å². The van der Waals surface area contributed by atoms with E-state index in [1.807, 2.05) is 23.7 Å². The third kappa shape index (κ3) is 2.96. The molecular formula is C10H12N2OS2. The van der Waals surface area contributed by atoms with E-state index in [4.69, 9.17) is 4.74 Å². The molecule has 1 aliphatic rings. The lowest BCUT2D eigenvalue weighted by Crippen LogP contribution is -2.06. The number of pyridine rings is 1. The first-order valence-electron chi connectivity index (χ1n) is 4.63. The number of aliphatic imine (C=N–C) groups is 1. The highest BCUT2D eigenvalue weighted by Crippen LogP contribution is 2.37. The Morgan fingerprint density at radius 2 is 2.53 bits per heavy atom. The zero-order valence-corrected chi connectivity index (χ0v) is 10.0. The molecule has 1 aromatic rings. The average molecular weight is 240 g/mol. The summed E-state index contributed by atoms with van der Waals surface area (Å²) in [6.07, 6.45) is 1.79. The normalized spacial score (nSPS) is 21.8. The molecule has 2 rings (SSSR count). The Morgan fingerprint density at radius 3 is 3.13 bits per heavy atom. The summed E-state index contributed by atoms with van der Waals surface area (Å²) in [6, 6.07) is 5.88. The number of ether oxygens (including phenoxy) is 1.